The van der Waals surface area contributed by atoms with Gasteiger partial charge in [0.2, 0.25) is 5.91 Å². The van der Waals surface area contributed by atoms with E-state index in [-0.39, 0.29) is 30.5 Å². The van der Waals surface area contributed by atoms with Crippen LogP contribution in [0.5, 0.6) is 0 Å². The molecule has 6 heteroatoms. The van der Waals surface area contributed by atoms with Gasteiger partial charge in [-0.25, -0.2) is 0 Å². The Labute approximate surface area is 110 Å². The van der Waals surface area contributed by atoms with Crippen molar-refractivity contribution in [1.29, 1.82) is 0 Å². The van der Waals surface area contributed by atoms with E-state index in [1.54, 1.807) is 16.2 Å². The van der Waals surface area contributed by atoms with Crippen molar-refractivity contribution >= 4 is 23.2 Å². The van der Waals surface area contributed by atoms with Crippen LogP contribution in [-0.4, -0.2) is 36.5 Å². The second kappa shape index (κ2) is 5.49. The smallest absolute Gasteiger partial charge is 0.307 e. The number of ether oxygens (including phenoxy) is 1. The molecule has 1 aliphatic rings. The van der Waals surface area contributed by atoms with Crippen LogP contribution in [0.15, 0.2) is 16.8 Å². The lowest BCUT2D eigenvalue weighted by Crippen LogP contribution is -2.32. The molecule has 0 bridgehead atoms. The van der Waals surface area contributed by atoms with Gasteiger partial charge in [0, 0.05) is 6.54 Å². The molecule has 1 aromatic rings. The Morgan fingerprint density at radius 1 is 1.61 bits per heavy atom. The van der Waals surface area contributed by atoms with Crippen molar-refractivity contribution in [2.45, 2.75) is 25.6 Å². The molecule has 1 saturated heterocycles. The first-order valence-corrected chi connectivity index (χ1v) is 6.73. The molecule has 1 aliphatic heterocycles. The van der Waals surface area contributed by atoms with E-state index in [0.717, 1.165) is 5.56 Å². The number of nitrogens with zero attached hydrogens (tertiary/aromatic N) is 1. The zero-order chi connectivity index (χ0) is 13.1. The monoisotopic (exact) mass is 268 g/mol. The summed E-state index contributed by atoms with van der Waals surface area (Å²) >= 11 is 1.59. The predicted octanol–water partition coefficient (Wildman–Crippen LogP) is 1.13. The number of carbonyl (C=O) groups is 2. The van der Waals surface area contributed by atoms with Gasteiger partial charge >= 0.3 is 5.97 Å². The first-order chi connectivity index (χ1) is 8.63. The quantitative estimate of drug-likeness (QED) is 0.832. The van der Waals surface area contributed by atoms with Gasteiger partial charge in [0.05, 0.1) is 19.6 Å². The normalized spacial score (nSPS) is 23.4. The summed E-state index contributed by atoms with van der Waals surface area (Å²) in [7, 11) is 1.35. The molecule has 1 aromatic heterocycles. The zero-order valence-corrected chi connectivity index (χ0v) is 11.2. The largest absolute Gasteiger partial charge is 0.469 e. The molecule has 2 unspecified atom stereocenters. The molecule has 2 atom stereocenters. The average Bonchev–Trinajstić information content (AvgIpc) is 2.97. The first kappa shape index (κ1) is 13.0. The maximum Gasteiger partial charge on any atom is 0.307 e. The van der Waals surface area contributed by atoms with Crippen LogP contribution >= 0.6 is 11.3 Å². The van der Waals surface area contributed by atoms with Gasteiger partial charge in [0.25, 0.3) is 0 Å². The summed E-state index contributed by atoms with van der Waals surface area (Å²) in [6, 6.07) is 1.77. The van der Waals surface area contributed by atoms with Gasteiger partial charge in [-0.1, -0.05) is 0 Å². The number of hydrogen-bond acceptors (Lipinski definition) is 5. The average molecular weight is 268 g/mol. The summed E-state index contributed by atoms with van der Waals surface area (Å²) in [4.78, 5) is 24.9. The number of amides is 1. The molecule has 2 heterocycles. The Bertz CT molecular complexity index is 433. The lowest BCUT2D eigenvalue weighted by atomic mass is 10.2. The molecular formula is C12H16N2O3S. The van der Waals surface area contributed by atoms with Crippen LogP contribution in [0.3, 0.4) is 0 Å². The van der Waals surface area contributed by atoms with E-state index in [1.165, 1.54) is 7.11 Å². The molecule has 1 N–H and O–H groups in total. The third kappa shape index (κ3) is 2.54. The van der Waals surface area contributed by atoms with E-state index in [9.17, 15) is 9.59 Å². The van der Waals surface area contributed by atoms with Gasteiger partial charge in [-0.15, -0.1) is 0 Å². The number of thiophene rings is 1. The number of methoxy groups -OCH3 is 1. The Morgan fingerprint density at radius 3 is 3.00 bits per heavy atom. The summed E-state index contributed by atoms with van der Waals surface area (Å²) in [5.74, 6) is -0.276. The van der Waals surface area contributed by atoms with Gasteiger partial charge in [-0.2, -0.15) is 11.3 Å². The molecule has 1 amide bonds. The molecule has 0 saturated carbocycles. The van der Waals surface area contributed by atoms with Crippen LogP contribution in [-0.2, 0) is 14.3 Å². The highest BCUT2D eigenvalue weighted by Gasteiger charge is 2.37. The van der Waals surface area contributed by atoms with Crippen LogP contribution < -0.4 is 5.32 Å². The van der Waals surface area contributed by atoms with Crippen molar-refractivity contribution in [3.8, 4) is 0 Å². The van der Waals surface area contributed by atoms with Crippen LogP contribution in [0.25, 0.3) is 0 Å². The van der Waals surface area contributed by atoms with E-state index >= 15 is 0 Å². The fourth-order valence-electron chi connectivity index (χ4n) is 2.03. The van der Waals surface area contributed by atoms with Crippen molar-refractivity contribution in [3.63, 3.8) is 0 Å². The van der Waals surface area contributed by atoms with E-state index in [4.69, 9.17) is 0 Å². The highest BCUT2D eigenvalue weighted by molar-refractivity contribution is 7.07. The number of hydrogen-bond donors (Lipinski definition) is 1. The second-order valence-electron chi connectivity index (χ2n) is 4.21. The summed E-state index contributed by atoms with van der Waals surface area (Å²) in [5, 5.41) is 7.21. The van der Waals surface area contributed by atoms with Gasteiger partial charge in [-0.05, 0) is 29.3 Å². The minimum absolute atomic E-state index is 0.0232. The minimum Gasteiger partial charge on any atom is -0.469 e. The Hall–Kier alpha value is -1.40. The van der Waals surface area contributed by atoms with Crippen molar-refractivity contribution in [1.82, 2.24) is 10.2 Å². The third-order valence-corrected chi connectivity index (χ3v) is 3.72. The van der Waals surface area contributed by atoms with Crippen LogP contribution in [0, 0.1) is 0 Å². The highest BCUT2D eigenvalue weighted by atomic mass is 32.1. The highest BCUT2D eigenvalue weighted by Crippen LogP contribution is 2.26. The maximum absolute atomic E-state index is 12.0. The van der Waals surface area contributed by atoms with Crippen molar-refractivity contribution in [2.75, 3.05) is 13.7 Å². The van der Waals surface area contributed by atoms with Crippen LogP contribution in [0.1, 0.15) is 25.1 Å². The predicted molar refractivity (Wildman–Crippen MR) is 68.0 cm³/mol. The van der Waals surface area contributed by atoms with Gasteiger partial charge in [-0.3, -0.25) is 14.9 Å². The molecule has 0 radical (unpaired) electrons. The Morgan fingerprint density at radius 2 is 2.39 bits per heavy atom. The van der Waals surface area contributed by atoms with Crippen molar-refractivity contribution < 1.29 is 14.3 Å². The lowest BCUT2D eigenvalue weighted by molar-refractivity contribution is -0.141. The van der Waals surface area contributed by atoms with Crippen LogP contribution in [0.4, 0.5) is 0 Å². The summed E-state index contributed by atoms with van der Waals surface area (Å²) in [5.41, 5.74) is 1.06. The SMILES string of the molecule is COC(=O)CCN1C(=O)C(C)NC1c1ccsc1. The molecule has 0 aromatic carbocycles. The molecule has 2 rings (SSSR count). The van der Waals surface area contributed by atoms with E-state index < -0.39 is 0 Å². The second-order valence-corrected chi connectivity index (χ2v) is 4.99. The first-order valence-electron chi connectivity index (χ1n) is 5.79. The molecule has 98 valence electrons. The van der Waals surface area contributed by atoms with E-state index in [1.807, 2.05) is 23.8 Å². The maximum atomic E-state index is 12.0. The number of carbonyl (C=O) groups excluding carboxylic acids is 2. The Balaban J connectivity index is 2.08. The zero-order valence-electron chi connectivity index (χ0n) is 10.4. The summed E-state index contributed by atoms with van der Waals surface area (Å²) in [6.07, 6.45) is 0.0838. The fraction of sp³-hybridized carbons (Fsp3) is 0.500. The van der Waals surface area contributed by atoms with E-state index in [0.29, 0.717) is 6.54 Å². The molecular weight excluding hydrogens is 252 g/mol. The molecule has 0 spiro atoms. The topological polar surface area (TPSA) is 58.6 Å². The van der Waals surface area contributed by atoms with Crippen molar-refractivity contribution in [3.05, 3.63) is 22.4 Å². The molecule has 0 aliphatic carbocycles. The molecule has 1 fully saturated rings. The van der Waals surface area contributed by atoms with E-state index in [2.05, 4.69) is 10.1 Å². The van der Waals surface area contributed by atoms with Gasteiger partial charge in [0.15, 0.2) is 0 Å². The fourth-order valence-corrected chi connectivity index (χ4v) is 2.71. The standard InChI is InChI=1S/C12H16N2O3S/c1-8-12(16)14(5-3-10(15)17-2)11(13-8)9-4-6-18-7-9/h4,6-8,11,13H,3,5H2,1-2H3. The Kier molecular flexibility index (Phi) is 3.98. The third-order valence-electron chi connectivity index (χ3n) is 3.02. The summed E-state index contributed by atoms with van der Waals surface area (Å²) in [6.45, 7) is 2.21. The van der Waals surface area contributed by atoms with Crippen molar-refractivity contribution in [2.24, 2.45) is 0 Å². The van der Waals surface area contributed by atoms with Crippen LogP contribution in [0.2, 0.25) is 0 Å². The van der Waals surface area contributed by atoms with Gasteiger partial charge in [0.1, 0.15) is 6.17 Å². The van der Waals surface area contributed by atoms with Gasteiger partial charge < -0.3 is 9.64 Å². The number of rotatable bonds is 4. The molecule has 18 heavy (non-hydrogen) atoms. The number of esters is 1. The lowest BCUT2D eigenvalue weighted by Gasteiger charge is -2.23. The number of nitrogens with one attached hydrogen (secondary N) is 1. The summed E-state index contributed by atoms with van der Waals surface area (Å²) < 4.78 is 4.60. The molecule has 5 nitrogen and oxygen atoms in total. The minimum atomic E-state index is -0.300.